The molecule has 2 N–H and O–H groups in total. The molecule has 1 aromatic rings. The number of nitrogens with two attached hydrogens (primary N) is 1. The van der Waals surface area contributed by atoms with E-state index < -0.39 is 0 Å². The second-order valence-corrected chi connectivity index (χ2v) is 6.97. The van der Waals surface area contributed by atoms with E-state index in [-0.39, 0.29) is 5.41 Å². The van der Waals surface area contributed by atoms with Crippen LogP contribution in [0.25, 0.3) is 0 Å². The van der Waals surface area contributed by atoms with Gasteiger partial charge in [0.2, 0.25) is 0 Å². The third-order valence-electron chi connectivity index (χ3n) is 4.13. The highest BCUT2D eigenvalue weighted by Gasteiger charge is 2.18. The topological polar surface area (TPSA) is 26.0 Å². The standard InChI is InChI=1S/C18H31N/c1-7-16(19)11-9-13(2)15-10-8-14(3)17(12-15)18(4,5)6/h8,10,12-13,16H,7,9,11,19H2,1-6H3. The second-order valence-electron chi connectivity index (χ2n) is 6.97. The molecule has 19 heavy (non-hydrogen) atoms. The van der Waals surface area contributed by atoms with Crippen molar-refractivity contribution in [3.05, 3.63) is 34.9 Å². The maximum atomic E-state index is 6.02. The normalized spacial score (nSPS) is 15.3. The lowest BCUT2D eigenvalue weighted by Crippen LogP contribution is -2.19. The minimum atomic E-state index is 0.222. The van der Waals surface area contributed by atoms with Gasteiger partial charge in [0.1, 0.15) is 0 Å². The van der Waals surface area contributed by atoms with Gasteiger partial charge in [-0.3, -0.25) is 0 Å². The summed E-state index contributed by atoms with van der Waals surface area (Å²) in [5, 5.41) is 0. The molecule has 1 nitrogen and oxygen atoms in total. The van der Waals surface area contributed by atoms with Gasteiger partial charge in [0.05, 0.1) is 0 Å². The van der Waals surface area contributed by atoms with Crippen LogP contribution in [0.1, 0.15) is 76.5 Å². The SMILES string of the molecule is CCC(N)CCC(C)c1ccc(C)c(C(C)(C)C)c1. The molecule has 0 bridgehead atoms. The molecule has 0 fully saturated rings. The Hall–Kier alpha value is -0.820. The molecule has 0 saturated heterocycles. The van der Waals surface area contributed by atoms with Crippen LogP contribution < -0.4 is 5.73 Å². The molecule has 0 aromatic heterocycles. The molecule has 0 saturated carbocycles. The van der Waals surface area contributed by atoms with Crippen LogP contribution >= 0.6 is 0 Å². The fourth-order valence-corrected chi connectivity index (χ4v) is 2.59. The lowest BCUT2D eigenvalue weighted by molar-refractivity contribution is 0.528. The van der Waals surface area contributed by atoms with Crippen LogP contribution in [0, 0.1) is 6.92 Å². The molecule has 0 aliphatic carbocycles. The van der Waals surface area contributed by atoms with Crippen molar-refractivity contribution < 1.29 is 0 Å². The van der Waals surface area contributed by atoms with E-state index in [1.54, 1.807) is 0 Å². The first kappa shape index (κ1) is 16.2. The minimum absolute atomic E-state index is 0.222. The van der Waals surface area contributed by atoms with Gasteiger partial charge in [0, 0.05) is 6.04 Å². The quantitative estimate of drug-likeness (QED) is 0.800. The molecular weight excluding hydrogens is 230 g/mol. The summed E-state index contributed by atoms with van der Waals surface area (Å²) >= 11 is 0. The minimum Gasteiger partial charge on any atom is -0.328 e. The van der Waals surface area contributed by atoms with Crippen molar-refractivity contribution in [2.45, 2.75) is 78.2 Å². The lowest BCUT2D eigenvalue weighted by Gasteiger charge is -2.24. The average Bonchev–Trinajstić information content (AvgIpc) is 2.34. The lowest BCUT2D eigenvalue weighted by atomic mass is 9.81. The van der Waals surface area contributed by atoms with E-state index in [2.05, 4.69) is 59.7 Å². The first-order chi connectivity index (χ1) is 8.75. The van der Waals surface area contributed by atoms with Gasteiger partial charge in [-0.15, -0.1) is 0 Å². The molecular formula is C18H31N. The first-order valence-electron chi connectivity index (χ1n) is 7.62. The van der Waals surface area contributed by atoms with Crippen molar-refractivity contribution in [1.29, 1.82) is 0 Å². The zero-order valence-electron chi connectivity index (χ0n) is 13.6. The summed E-state index contributed by atoms with van der Waals surface area (Å²) in [5.41, 5.74) is 10.6. The van der Waals surface area contributed by atoms with Gasteiger partial charge in [-0.1, -0.05) is 52.8 Å². The Kier molecular flexibility index (Phi) is 5.61. The summed E-state index contributed by atoms with van der Waals surface area (Å²) in [5.74, 6) is 0.597. The van der Waals surface area contributed by atoms with Crippen LogP contribution in [-0.4, -0.2) is 6.04 Å². The Balaban J connectivity index is 2.84. The fraction of sp³-hybridized carbons (Fsp3) is 0.667. The van der Waals surface area contributed by atoms with Crippen LogP contribution in [0.3, 0.4) is 0 Å². The number of rotatable bonds is 5. The molecule has 2 atom stereocenters. The zero-order valence-corrected chi connectivity index (χ0v) is 13.6. The van der Waals surface area contributed by atoms with E-state index in [1.807, 2.05) is 0 Å². The highest BCUT2D eigenvalue weighted by molar-refractivity contribution is 5.37. The highest BCUT2D eigenvalue weighted by Crippen LogP contribution is 2.30. The summed E-state index contributed by atoms with van der Waals surface area (Å²) in [6.07, 6.45) is 3.38. The molecule has 0 heterocycles. The fourth-order valence-electron chi connectivity index (χ4n) is 2.59. The summed E-state index contributed by atoms with van der Waals surface area (Å²) in [4.78, 5) is 0. The third kappa shape index (κ3) is 4.65. The maximum absolute atomic E-state index is 6.02. The number of hydrogen-bond acceptors (Lipinski definition) is 1. The number of aryl methyl sites for hydroxylation is 1. The van der Waals surface area contributed by atoms with Crippen LogP contribution in [0.15, 0.2) is 18.2 Å². The van der Waals surface area contributed by atoms with Gasteiger partial charge in [0.15, 0.2) is 0 Å². The smallest absolute Gasteiger partial charge is 0.00364 e. The Morgan fingerprint density at radius 1 is 1.16 bits per heavy atom. The molecule has 0 amide bonds. The van der Waals surface area contributed by atoms with Gasteiger partial charge >= 0.3 is 0 Å². The van der Waals surface area contributed by atoms with Crippen molar-refractivity contribution in [1.82, 2.24) is 0 Å². The average molecular weight is 261 g/mol. The molecule has 0 radical (unpaired) electrons. The Labute approximate surface area is 119 Å². The van der Waals surface area contributed by atoms with E-state index in [4.69, 9.17) is 5.73 Å². The Morgan fingerprint density at radius 3 is 2.32 bits per heavy atom. The van der Waals surface area contributed by atoms with Gasteiger partial charge in [-0.2, -0.15) is 0 Å². The Morgan fingerprint density at radius 2 is 1.79 bits per heavy atom. The van der Waals surface area contributed by atoms with Crippen molar-refractivity contribution in [3.63, 3.8) is 0 Å². The van der Waals surface area contributed by atoms with Crippen molar-refractivity contribution in [2.75, 3.05) is 0 Å². The van der Waals surface area contributed by atoms with Gasteiger partial charge in [0.25, 0.3) is 0 Å². The molecule has 0 aliphatic heterocycles. The van der Waals surface area contributed by atoms with Crippen molar-refractivity contribution >= 4 is 0 Å². The number of hydrogen-bond donors (Lipinski definition) is 1. The molecule has 1 heteroatoms. The van der Waals surface area contributed by atoms with E-state index >= 15 is 0 Å². The summed E-state index contributed by atoms with van der Waals surface area (Å²) < 4.78 is 0. The molecule has 0 spiro atoms. The highest BCUT2D eigenvalue weighted by atomic mass is 14.6. The summed E-state index contributed by atoms with van der Waals surface area (Å²) in [7, 11) is 0. The largest absolute Gasteiger partial charge is 0.328 e. The van der Waals surface area contributed by atoms with Crippen molar-refractivity contribution in [2.24, 2.45) is 5.73 Å². The predicted molar refractivity (Wildman–Crippen MR) is 85.8 cm³/mol. The summed E-state index contributed by atoms with van der Waals surface area (Å²) in [6, 6.07) is 7.31. The van der Waals surface area contributed by atoms with Crippen LogP contribution in [-0.2, 0) is 5.41 Å². The molecule has 0 aliphatic rings. The monoisotopic (exact) mass is 261 g/mol. The Bertz CT molecular complexity index is 401. The van der Waals surface area contributed by atoms with E-state index in [9.17, 15) is 0 Å². The third-order valence-corrected chi connectivity index (χ3v) is 4.13. The predicted octanol–water partition coefficient (Wildman–Crippen LogP) is 4.91. The van der Waals surface area contributed by atoms with Gasteiger partial charge in [-0.05, 0) is 54.2 Å². The number of benzene rings is 1. The summed E-state index contributed by atoms with van der Waals surface area (Å²) in [6.45, 7) is 13.6. The van der Waals surface area contributed by atoms with Crippen LogP contribution in [0.2, 0.25) is 0 Å². The van der Waals surface area contributed by atoms with Gasteiger partial charge < -0.3 is 5.73 Å². The molecule has 108 valence electrons. The van der Waals surface area contributed by atoms with Gasteiger partial charge in [-0.25, -0.2) is 0 Å². The van der Waals surface area contributed by atoms with Crippen molar-refractivity contribution in [3.8, 4) is 0 Å². The second kappa shape index (κ2) is 6.56. The first-order valence-corrected chi connectivity index (χ1v) is 7.62. The molecule has 1 rings (SSSR count). The van der Waals surface area contributed by atoms with E-state index in [0.717, 1.165) is 12.8 Å². The van der Waals surface area contributed by atoms with Crippen LogP contribution in [0.5, 0.6) is 0 Å². The molecule has 2 unspecified atom stereocenters. The molecule has 1 aromatic carbocycles. The van der Waals surface area contributed by atoms with Crippen LogP contribution in [0.4, 0.5) is 0 Å². The zero-order chi connectivity index (χ0) is 14.6. The van der Waals surface area contributed by atoms with E-state index in [0.29, 0.717) is 12.0 Å². The van der Waals surface area contributed by atoms with E-state index in [1.165, 1.54) is 23.1 Å². The maximum Gasteiger partial charge on any atom is 0.00364 e.